The van der Waals surface area contributed by atoms with E-state index in [-0.39, 0.29) is 29.2 Å². The first-order valence-corrected chi connectivity index (χ1v) is 11.2. The van der Waals surface area contributed by atoms with E-state index in [0.717, 1.165) is 30.5 Å². The summed E-state index contributed by atoms with van der Waals surface area (Å²) in [5.41, 5.74) is 1.05. The summed E-state index contributed by atoms with van der Waals surface area (Å²) in [7, 11) is -2.93. The first-order chi connectivity index (χ1) is 12.5. The third-order valence-electron chi connectivity index (χ3n) is 5.63. The molecule has 4 rings (SSSR count). The maximum Gasteiger partial charge on any atom is 0.222 e. The Hall–Kier alpha value is -1.95. The molecule has 6 heteroatoms. The Morgan fingerprint density at radius 1 is 1.19 bits per heavy atom. The van der Waals surface area contributed by atoms with Gasteiger partial charge in [0.15, 0.2) is 9.84 Å². The molecule has 0 radical (unpaired) electrons. The van der Waals surface area contributed by atoms with E-state index in [4.69, 9.17) is 0 Å². The van der Waals surface area contributed by atoms with Gasteiger partial charge < -0.3 is 4.90 Å². The molecule has 26 heavy (non-hydrogen) atoms. The van der Waals surface area contributed by atoms with Gasteiger partial charge in [-0.2, -0.15) is 0 Å². The fourth-order valence-electron chi connectivity index (χ4n) is 4.18. The lowest BCUT2D eigenvalue weighted by Gasteiger charge is -2.33. The van der Waals surface area contributed by atoms with Gasteiger partial charge in [-0.15, -0.1) is 0 Å². The van der Waals surface area contributed by atoms with Crippen LogP contribution in [0.1, 0.15) is 37.3 Å². The van der Waals surface area contributed by atoms with Crippen molar-refractivity contribution in [3.05, 3.63) is 42.2 Å². The molecule has 0 spiro atoms. The van der Waals surface area contributed by atoms with Crippen molar-refractivity contribution in [3.63, 3.8) is 0 Å². The van der Waals surface area contributed by atoms with Crippen LogP contribution in [0.2, 0.25) is 0 Å². The Morgan fingerprint density at radius 2 is 2.00 bits per heavy atom. The summed E-state index contributed by atoms with van der Waals surface area (Å²) in [5.74, 6) is 0.741. The molecule has 0 saturated carbocycles. The molecule has 2 saturated heterocycles. The van der Waals surface area contributed by atoms with Crippen LogP contribution in [0.15, 0.2) is 36.5 Å². The largest absolute Gasteiger partial charge is 0.342 e. The lowest BCUT2D eigenvalue weighted by molar-refractivity contribution is -0.133. The van der Waals surface area contributed by atoms with Crippen LogP contribution in [0.25, 0.3) is 10.8 Å². The molecule has 2 aliphatic rings. The number of aromatic nitrogens is 1. The number of benzene rings is 1. The van der Waals surface area contributed by atoms with Crippen molar-refractivity contribution in [1.29, 1.82) is 0 Å². The fourth-order valence-corrected chi connectivity index (χ4v) is 6.04. The molecule has 2 aromatic rings. The Morgan fingerprint density at radius 3 is 2.77 bits per heavy atom. The monoisotopic (exact) mass is 372 g/mol. The number of hydrogen-bond acceptors (Lipinski definition) is 4. The number of piperidine rings is 1. The molecule has 2 fully saturated rings. The van der Waals surface area contributed by atoms with E-state index >= 15 is 0 Å². The van der Waals surface area contributed by atoms with Gasteiger partial charge in [-0.25, -0.2) is 8.42 Å². The molecule has 1 aromatic carbocycles. The lowest BCUT2D eigenvalue weighted by atomic mass is 9.92. The predicted molar refractivity (Wildman–Crippen MR) is 102 cm³/mol. The molecule has 1 amide bonds. The molecular formula is C20H24N2O3S. The molecule has 3 heterocycles. The Labute approximate surface area is 154 Å². The zero-order chi connectivity index (χ0) is 18.1. The van der Waals surface area contributed by atoms with Gasteiger partial charge in [-0.3, -0.25) is 9.78 Å². The van der Waals surface area contributed by atoms with Gasteiger partial charge in [0.2, 0.25) is 5.91 Å². The number of sulfone groups is 1. The van der Waals surface area contributed by atoms with E-state index in [0.29, 0.717) is 19.4 Å². The topological polar surface area (TPSA) is 67.3 Å². The Bertz CT molecular complexity index is 926. The van der Waals surface area contributed by atoms with E-state index in [2.05, 4.69) is 23.2 Å². The summed E-state index contributed by atoms with van der Waals surface area (Å²) in [4.78, 5) is 19.2. The highest BCUT2D eigenvalue weighted by molar-refractivity contribution is 7.91. The summed E-state index contributed by atoms with van der Waals surface area (Å²) in [5, 5.41) is 2.31. The van der Waals surface area contributed by atoms with Gasteiger partial charge >= 0.3 is 0 Å². The van der Waals surface area contributed by atoms with Crippen LogP contribution in [0.4, 0.5) is 0 Å². The summed E-state index contributed by atoms with van der Waals surface area (Å²) in [6, 6.07) is 10.3. The highest BCUT2D eigenvalue weighted by Crippen LogP contribution is 2.29. The smallest absolute Gasteiger partial charge is 0.222 e. The summed E-state index contributed by atoms with van der Waals surface area (Å²) in [6.07, 6.45) is 4.89. The van der Waals surface area contributed by atoms with Crippen LogP contribution < -0.4 is 0 Å². The van der Waals surface area contributed by atoms with Gasteiger partial charge in [0.1, 0.15) is 0 Å². The van der Waals surface area contributed by atoms with Crippen LogP contribution >= 0.6 is 0 Å². The van der Waals surface area contributed by atoms with Crippen molar-refractivity contribution in [1.82, 2.24) is 9.88 Å². The number of hydrogen-bond donors (Lipinski definition) is 0. The molecular weight excluding hydrogens is 348 g/mol. The van der Waals surface area contributed by atoms with Crippen LogP contribution in [0.3, 0.4) is 0 Å². The van der Waals surface area contributed by atoms with Gasteiger partial charge in [-0.1, -0.05) is 24.3 Å². The van der Waals surface area contributed by atoms with Crippen molar-refractivity contribution in [3.8, 4) is 0 Å². The average Bonchev–Trinajstić information content (AvgIpc) is 2.99. The SMILES string of the molecule is O=C(C[C@@H]1CCS(=O)(=O)C1)N1CCC[C@H](c2cc3ccccc3cn2)C1. The van der Waals surface area contributed by atoms with E-state index < -0.39 is 9.84 Å². The molecule has 0 bridgehead atoms. The van der Waals surface area contributed by atoms with E-state index in [9.17, 15) is 13.2 Å². The quantitative estimate of drug-likeness (QED) is 0.831. The molecule has 1 aromatic heterocycles. The van der Waals surface area contributed by atoms with Crippen LogP contribution in [-0.2, 0) is 14.6 Å². The third-order valence-corrected chi connectivity index (χ3v) is 7.47. The van der Waals surface area contributed by atoms with Crippen molar-refractivity contribution in [2.24, 2.45) is 5.92 Å². The van der Waals surface area contributed by atoms with Gasteiger partial charge in [0.25, 0.3) is 0 Å². The zero-order valence-corrected chi connectivity index (χ0v) is 15.6. The molecule has 0 N–H and O–H groups in total. The van der Waals surface area contributed by atoms with E-state index in [1.807, 2.05) is 23.2 Å². The summed E-state index contributed by atoms with van der Waals surface area (Å²) < 4.78 is 23.2. The number of carbonyl (C=O) groups excluding carboxylic acids is 1. The molecule has 2 aliphatic heterocycles. The van der Waals surface area contributed by atoms with Crippen molar-refractivity contribution in [2.45, 2.75) is 31.6 Å². The number of carbonyl (C=O) groups is 1. The van der Waals surface area contributed by atoms with Crippen LogP contribution in [0, 0.1) is 5.92 Å². The molecule has 138 valence electrons. The highest BCUT2D eigenvalue weighted by Gasteiger charge is 2.32. The van der Waals surface area contributed by atoms with Gasteiger partial charge in [0.05, 0.1) is 11.5 Å². The molecule has 0 unspecified atom stereocenters. The number of likely N-dealkylation sites (tertiary alicyclic amines) is 1. The number of rotatable bonds is 3. The van der Waals surface area contributed by atoms with Crippen LogP contribution in [-0.4, -0.2) is 48.8 Å². The number of amides is 1. The molecule has 2 atom stereocenters. The normalized spacial score (nSPS) is 25.5. The summed E-state index contributed by atoms with van der Waals surface area (Å²) >= 11 is 0. The number of fused-ring (bicyclic) bond motifs is 1. The van der Waals surface area contributed by atoms with Crippen molar-refractivity contribution < 1.29 is 13.2 Å². The Balaban J connectivity index is 1.44. The van der Waals surface area contributed by atoms with Gasteiger partial charge in [0, 0.05) is 42.7 Å². The minimum atomic E-state index is -2.93. The lowest BCUT2D eigenvalue weighted by Crippen LogP contribution is -2.40. The summed E-state index contributed by atoms with van der Waals surface area (Å²) in [6.45, 7) is 1.45. The maximum absolute atomic E-state index is 12.7. The predicted octanol–water partition coefficient (Wildman–Crippen LogP) is 2.77. The average molecular weight is 372 g/mol. The zero-order valence-electron chi connectivity index (χ0n) is 14.8. The highest BCUT2D eigenvalue weighted by atomic mass is 32.2. The number of nitrogens with zero attached hydrogens (tertiary/aromatic N) is 2. The minimum absolute atomic E-state index is 0.00771. The first kappa shape index (κ1) is 17.5. The second kappa shape index (κ2) is 6.99. The van der Waals surface area contributed by atoms with E-state index in [1.165, 1.54) is 5.39 Å². The first-order valence-electron chi connectivity index (χ1n) is 9.33. The second-order valence-electron chi connectivity index (χ2n) is 7.61. The Kier molecular flexibility index (Phi) is 4.69. The molecule has 5 nitrogen and oxygen atoms in total. The standard InChI is InChI=1S/C20H24N2O3S/c23-20(10-15-7-9-26(24,25)14-15)22-8-3-6-18(13-22)19-11-16-4-1-2-5-17(16)12-21-19/h1-2,4-5,11-12,15,18H,3,6-10,13-14H2/t15-,18-/m0/s1. The maximum atomic E-state index is 12.7. The third kappa shape index (κ3) is 3.75. The van der Waals surface area contributed by atoms with Crippen molar-refractivity contribution in [2.75, 3.05) is 24.6 Å². The van der Waals surface area contributed by atoms with Gasteiger partial charge in [-0.05, 0) is 36.6 Å². The van der Waals surface area contributed by atoms with E-state index in [1.54, 1.807) is 0 Å². The second-order valence-corrected chi connectivity index (χ2v) is 9.84. The number of pyridine rings is 1. The minimum Gasteiger partial charge on any atom is -0.342 e. The van der Waals surface area contributed by atoms with Crippen LogP contribution in [0.5, 0.6) is 0 Å². The fraction of sp³-hybridized carbons (Fsp3) is 0.500. The molecule has 0 aliphatic carbocycles. The van der Waals surface area contributed by atoms with Crippen molar-refractivity contribution >= 4 is 26.5 Å².